The van der Waals surface area contributed by atoms with Crippen LogP contribution in [-0.4, -0.2) is 60.5 Å². The summed E-state index contributed by atoms with van der Waals surface area (Å²) in [4.78, 5) is 66.2. The van der Waals surface area contributed by atoms with Crippen molar-refractivity contribution in [3.05, 3.63) is 82.4 Å². The number of methoxy groups -OCH3 is 1. The average molecular weight is 568 g/mol. The highest BCUT2D eigenvalue weighted by molar-refractivity contribution is 6.30. The molecule has 42 heavy (non-hydrogen) atoms. The van der Waals surface area contributed by atoms with Crippen LogP contribution in [0.5, 0.6) is 11.5 Å². The van der Waals surface area contributed by atoms with Crippen LogP contribution in [0.1, 0.15) is 74.3 Å². The Hall–Kier alpha value is -4.99. The number of ketones is 2. The number of anilines is 2. The fraction of sp³-hybridized carbons (Fsp3) is 0.281. The first kappa shape index (κ1) is 27.2. The molecule has 1 aliphatic carbocycles. The summed E-state index contributed by atoms with van der Waals surface area (Å²) in [7, 11) is 1.48. The van der Waals surface area contributed by atoms with Crippen LogP contribution in [0.15, 0.2) is 54.6 Å². The lowest BCUT2D eigenvalue weighted by Gasteiger charge is -2.20. The molecule has 0 saturated carbocycles. The van der Waals surface area contributed by atoms with E-state index < -0.39 is 6.04 Å². The van der Waals surface area contributed by atoms with Crippen LogP contribution in [0.25, 0.3) is 0 Å². The minimum Gasteiger partial charge on any atom is -0.493 e. The molecule has 3 aromatic rings. The number of benzene rings is 3. The molecule has 0 bridgehead atoms. The van der Waals surface area contributed by atoms with Gasteiger partial charge in [0.25, 0.3) is 5.91 Å². The lowest BCUT2D eigenvalue weighted by Crippen LogP contribution is -2.40. The Labute approximate surface area is 242 Å². The molecule has 0 spiro atoms. The van der Waals surface area contributed by atoms with E-state index in [-0.39, 0.29) is 53.4 Å². The fourth-order valence-electron chi connectivity index (χ4n) is 5.80. The summed E-state index contributed by atoms with van der Waals surface area (Å²) in [6.07, 6.45) is 2.63. The summed E-state index contributed by atoms with van der Waals surface area (Å²) < 4.78 is 11.4. The largest absolute Gasteiger partial charge is 0.493 e. The van der Waals surface area contributed by atoms with Gasteiger partial charge in [-0.15, -0.1) is 0 Å². The van der Waals surface area contributed by atoms with E-state index in [9.17, 15) is 24.0 Å². The van der Waals surface area contributed by atoms with Crippen LogP contribution in [0.2, 0.25) is 0 Å². The van der Waals surface area contributed by atoms with Crippen LogP contribution in [-0.2, 0) is 9.59 Å². The van der Waals surface area contributed by atoms with E-state index in [0.717, 1.165) is 6.42 Å². The molecule has 1 fully saturated rings. The Bertz CT molecular complexity index is 1650. The van der Waals surface area contributed by atoms with Gasteiger partial charge in [0.1, 0.15) is 6.04 Å². The normalized spacial score (nSPS) is 17.0. The van der Waals surface area contributed by atoms with Crippen molar-refractivity contribution in [3.8, 4) is 11.5 Å². The quantitative estimate of drug-likeness (QED) is 0.305. The first-order chi connectivity index (χ1) is 20.4. The molecule has 2 N–H and O–H groups in total. The van der Waals surface area contributed by atoms with Gasteiger partial charge < -0.3 is 25.0 Å². The monoisotopic (exact) mass is 567 g/mol. The zero-order valence-electron chi connectivity index (χ0n) is 23.0. The van der Waals surface area contributed by atoms with Gasteiger partial charge in [-0.25, -0.2) is 0 Å². The molecule has 0 radical (unpaired) electrons. The number of rotatable bonds is 8. The SMILES string of the molecule is COc1cc2c(cc1OCCCCC(=O)Nc1cccc3c1C(=O)c1ccccc1C3=O)NC(=O)[C@@H]1CCCN1C2=O. The number of hydrogen-bond acceptors (Lipinski definition) is 7. The second-order valence-electron chi connectivity index (χ2n) is 10.5. The number of ether oxygens (including phenoxy) is 2. The first-order valence-electron chi connectivity index (χ1n) is 14.0. The molecule has 3 aliphatic rings. The number of amides is 3. The Balaban J connectivity index is 1.06. The fourth-order valence-corrected chi connectivity index (χ4v) is 5.80. The Morgan fingerprint density at radius 1 is 0.929 bits per heavy atom. The third-order valence-electron chi connectivity index (χ3n) is 7.89. The van der Waals surface area contributed by atoms with Crippen molar-refractivity contribution in [1.29, 1.82) is 0 Å². The van der Waals surface area contributed by atoms with Gasteiger partial charge >= 0.3 is 0 Å². The standard InChI is InChI=1S/C32H29N3O7/c1-41-25-16-21-23(34-31(39)24-12-7-14-35(24)32(21)40)17-26(25)42-15-5-4-13-27(36)33-22-11-6-10-20-28(22)30(38)19-9-3-2-8-18(19)29(20)37/h2-3,6,8-11,16-17,24H,4-5,7,12-15H2,1H3,(H,33,36)(H,34,39)/t24-/m0/s1. The smallest absolute Gasteiger partial charge is 0.256 e. The van der Waals surface area contributed by atoms with E-state index in [2.05, 4.69) is 10.6 Å². The maximum Gasteiger partial charge on any atom is 0.256 e. The van der Waals surface area contributed by atoms with Crippen molar-refractivity contribution in [1.82, 2.24) is 4.90 Å². The predicted octanol–water partition coefficient (Wildman–Crippen LogP) is 4.22. The summed E-state index contributed by atoms with van der Waals surface area (Å²) in [6, 6.07) is 14.3. The van der Waals surface area contributed by atoms with Crippen molar-refractivity contribution < 1.29 is 33.4 Å². The molecule has 3 aromatic carbocycles. The van der Waals surface area contributed by atoms with Crippen molar-refractivity contribution in [2.75, 3.05) is 30.9 Å². The zero-order chi connectivity index (χ0) is 29.4. The van der Waals surface area contributed by atoms with Crippen molar-refractivity contribution in [2.24, 2.45) is 0 Å². The van der Waals surface area contributed by atoms with Gasteiger partial charge in [-0.05, 0) is 37.8 Å². The molecule has 10 heteroatoms. The van der Waals surface area contributed by atoms with E-state index >= 15 is 0 Å². The highest BCUT2D eigenvalue weighted by Gasteiger charge is 2.39. The summed E-state index contributed by atoms with van der Waals surface area (Å²) in [5.41, 5.74) is 2.23. The third kappa shape index (κ3) is 4.78. The van der Waals surface area contributed by atoms with Gasteiger partial charge in [0.2, 0.25) is 11.8 Å². The highest BCUT2D eigenvalue weighted by atomic mass is 16.5. The maximum absolute atomic E-state index is 13.2. The lowest BCUT2D eigenvalue weighted by molar-refractivity contribution is -0.119. The van der Waals surface area contributed by atoms with Crippen molar-refractivity contribution in [2.45, 2.75) is 38.1 Å². The van der Waals surface area contributed by atoms with Gasteiger partial charge in [0, 0.05) is 35.7 Å². The van der Waals surface area contributed by atoms with E-state index in [0.29, 0.717) is 65.4 Å². The van der Waals surface area contributed by atoms with E-state index in [4.69, 9.17) is 9.47 Å². The summed E-state index contributed by atoms with van der Waals surface area (Å²) >= 11 is 0. The number of fused-ring (bicyclic) bond motifs is 4. The molecule has 6 rings (SSSR count). The summed E-state index contributed by atoms with van der Waals surface area (Å²) in [5, 5.41) is 5.65. The predicted molar refractivity (Wildman–Crippen MR) is 153 cm³/mol. The van der Waals surface area contributed by atoms with Crippen LogP contribution >= 0.6 is 0 Å². The van der Waals surface area contributed by atoms with Gasteiger partial charge in [-0.2, -0.15) is 0 Å². The van der Waals surface area contributed by atoms with Crippen LogP contribution < -0.4 is 20.1 Å². The molecule has 1 atom stereocenters. The number of carbonyl (C=O) groups is 5. The first-order valence-corrected chi connectivity index (χ1v) is 14.0. The van der Waals surface area contributed by atoms with Gasteiger partial charge in [0.05, 0.1) is 36.2 Å². The Morgan fingerprint density at radius 3 is 2.48 bits per heavy atom. The van der Waals surface area contributed by atoms with E-state index in [1.165, 1.54) is 7.11 Å². The van der Waals surface area contributed by atoms with Crippen LogP contribution in [0.4, 0.5) is 11.4 Å². The van der Waals surface area contributed by atoms with Gasteiger partial charge in [0.15, 0.2) is 23.1 Å². The number of nitrogens with one attached hydrogen (secondary N) is 2. The average Bonchev–Trinajstić information content (AvgIpc) is 3.47. The number of nitrogens with zero attached hydrogens (tertiary/aromatic N) is 1. The van der Waals surface area contributed by atoms with Gasteiger partial charge in [-0.3, -0.25) is 24.0 Å². The molecule has 214 valence electrons. The molecular formula is C32H29N3O7. The molecular weight excluding hydrogens is 538 g/mol. The minimum absolute atomic E-state index is 0.175. The molecule has 0 aromatic heterocycles. The maximum atomic E-state index is 13.2. The van der Waals surface area contributed by atoms with Crippen LogP contribution in [0.3, 0.4) is 0 Å². The topological polar surface area (TPSA) is 131 Å². The van der Waals surface area contributed by atoms with E-state index in [1.807, 2.05) is 0 Å². The molecule has 0 unspecified atom stereocenters. The number of carbonyl (C=O) groups excluding carboxylic acids is 5. The molecule has 2 heterocycles. The minimum atomic E-state index is -0.470. The molecule has 10 nitrogen and oxygen atoms in total. The zero-order valence-corrected chi connectivity index (χ0v) is 23.0. The second-order valence-corrected chi connectivity index (χ2v) is 10.5. The highest BCUT2D eigenvalue weighted by Crippen LogP contribution is 2.37. The third-order valence-corrected chi connectivity index (χ3v) is 7.89. The molecule has 3 amide bonds. The Kier molecular flexibility index (Phi) is 7.20. The Morgan fingerprint density at radius 2 is 1.69 bits per heavy atom. The molecule has 2 aliphatic heterocycles. The summed E-state index contributed by atoms with van der Waals surface area (Å²) in [5.74, 6) is -0.486. The van der Waals surface area contributed by atoms with Crippen molar-refractivity contribution >= 4 is 40.7 Å². The van der Waals surface area contributed by atoms with E-state index in [1.54, 1.807) is 59.5 Å². The van der Waals surface area contributed by atoms with Crippen LogP contribution in [0, 0.1) is 0 Å². The van der Waals surface area contributed by atoms with Crippen molar-refractivity contribution in [3.63, 3.8) is 0 Å². The molecule has 1 saturated heterocycles. The summed E-state index contributed by atoms with van der Waals surface area (Å²) in [6.45, 7) is 0.809. The second kappa shape index (κ2) is 11.1. The number of hydrogen-bond donors (Lipinski definition) is 2. The lowest BCUT2D eigenvalue weighted by atomic mass is 9.83. The van der Waals surface area contributed by atoms with Gasteiger partial charge in [-0.1, -0.05) is 36.4 Å². The number of unbranched alkanes of at least 4 members (excludes halogenated alkanes) is 1.